The summed E-state index contributed by atoms with van der Waals surface area (Å²) >= 11 is 0. The summed E-state index contributed by atoms with van der Waals surface area (Å²) in [6.07, 6.45) is 1.12. The predicted molar refractivity (Wildman–Crippen MR) is 97.3 cm³/mol. The van der Waals surface area contributed by atoms with Gasteiger partial charge in [-0.1, -0.05) is 13.8 Å². The Morgan fingerprint density at radius 3 is 2.42 bits per heavy atom. The number of likely N-dealkylation sites (N-methyl/N-ethyl adjacent to an activating group) is 1. The van der Waals surface area contributed by atoms with E-state index in [-0.39, 0.29) is 6.04 Å². The van der Waals surface area contributed by atoms with Crippen molar-refractivity contribution < 1.29 is 9.53 Å². The number of rotatable bonds is 7. The minimum Gasteiger partial charge on any atom is -0.383 e. The third-order valence-electron chi connectivity index (χ3n) is 5.73. The Hall–Kier alpha value is -0.690. The zero-order valence-electron chi connectivity index (χ0n) is 16.0. The van der Waals surface area contributed by atoms with E-state index < -0.39 is 0 Å². The Kier molecular flexibility index (Phi) is 7.94. The molecule has 0 aromatic carbocycles. The molecule has 0 aromatic rings. The second kappa shape index (κ2) is 9.70. The first-order valence-corrected chi connectivity index (χ1v) is 9.58. The molecule has 0 saturated carbocycles. The molecule has 0 aliphatic carbocycles. The highest BCUT2D eigenvalue weighted by atomic mass is 16.5. The lowest BCUT2D eigenvalue weighted by atomic mass is 10.1. The highest BCUT2D eigenvalue weighted by Crippen LogP contribution is 2.17. The molecule has 2 aliphatic heterocycles. The third-order valence-corrected chi connectivity index (χ3v) is 5.73. The van der Waals surface area contributed by atoms with Crippen LogP contribution in [0.4, 0.5) is 0 Å². The van der Waals surface area contributed by atoms with Gasteiger partial charge in [0.25, 0.3) is 0 Å². The molecular formula is C18H36N4O2. The van der Waals surface area contributed by atoms with Crippen LogP contribution in [0.1, 0.15) is 27.2 Å². The molecule has 2 fully saturated rings. The molecule has 0 aromatic heterocycles. The van der Waals surface area contributed by atoms with E-state index in [0.29, 0.717) is 11.9 Å². The number of carbonyl (C=O) groups is 1. The molecule has 2 heterocycles. The number of methoxy groups -OCH3 is 1. The standard InChI is InChI=1S/C18H36N4O2/c1-5-17-15-22(12-11-20(17)13-14-24-4)16(3)18(23)21-9-7-19(6-2)8-10-21/h16-17H,5-15H2,1-4H3. The fourth-order valence-electron chi connectivity index (χ4n) is 3.86. The minimum atomic E-state index is -0.00296. The van der Waals surface area contributed by atoms with Gasteiger partial charge in [0.15, 0.2) is 0 Å². The second-order valence-corrected chi connectivity index (χ2v) is 7.02. The van der Waals surface area contributed by atoms with Crippen LogP contribution >= 0.6 is 0 Å². The van der Waals surface area contributed by atoms with E-state index in [1.165, 1.54) is 0 Å². The first kappa shape index (κ1) is 19.6. The highest BCUT2D eigenvalue weighted by molar-refractivity contribution is 5.81. The molecule has 2 rings (SSSR count). The van der Waals surface area contributed by atoms with Gasteiger partial charge in [0.1, 0.15) is 0 Å². The molecule has 2 atom stereocenters. The molecule has 0 N–H and O–H groups in total. The SMILES string of the molecule is CCC1CN(C(C)C(=O)N2CCN(CC)CC2)CCN1CCOC. The lowest BCUT2D eigenvalue weighted by Crippen LogP contribution is -2.60. The van der Waals surface area contributed by atoms with E-state index in [2.05, 4.69) is 40.4 Å². The topological polar surface area (TPSA) is 39.3 Å². The third kappa shape index (κ3) is 4.91. The lowest BCUT2D eigenvalue weighted by Gasteiger charge is -2.44. The van der Waals surface area contributed by atoms with Crippen LogP contribution in [-0.4, -0.2) is 110 Å². The van der Waals surface area contributed by atoms with E-state index >= 15 is 0 Å². The Balaban J connectivity index is 1.86. The number of amides is 1. The normalized spacial score (nSPS) is 25.8. The van der Waals surface area contributed by atoms with Gasteiger partial charge in [0.05, 0.1) is 12.6 Å². The zero-order chi connectivity index (χ0) is 17.5. The molecule has 2 aliphatic rings. The van der Waals surface area contributed by atoms with E-state index in [0.717, 1.165) is 71.9 Å². The van der Waals surface area contributed by atoms with Gasteiger partial charge < -0.3 is 14.5 Å². The van der Waals surface area contributed by atoms with Gasteiger partial charge in [-0.15, -0.1) is 0 Å². The monoisotopic (exact) mass is 340 g/mol. The summed E-state index contributed by atoms with van der Waals surface area (Å²) in [5.41, 5.74) is 0. The Morgan fingerprint density at radius 1 is 1.12 bits per heavy atom. The van der Waals surface area contributed by atoms with Gasteiger partial charge in [0.2, 0.25) is 5.91 Å². The average molecular weight is 341 g/mol. The van der Waals surface area contributed by atoms with Crippen LogP contribution < -0.4 is 0 Å². The number of hydrogen-bond donors (Lipinski definition) is 0. The summed E-state index contributed by atoms with van der Waals surface area (Å²) in [6.45, 7) is 16.1. The molecule has 6 nitrogen and oxygen atoms in total. The number of nitrogens with zero attached hydrogens (tertiary/aromatic N) is 4. The molecule has 1 amide bonds. The van der Waals surface area contributed by atoms with Crippen molar-refractivity contribution in [2.75, 3.05) is 72.6 Å². The van der Waals surface area contributed by atoms with Crippen molar-refractivity contribution in [1.82, 2.24) is 19.6 Å². The van der Waals surface area contributed by atoms with E-state index in [1.54, 1.807) is 7.11 Å². The number of piperazine rings is 2. The molecule has 0 radical (unpaired) electrons. The van der Waals surface area contributed by atoms with Gasteiger partial charge in [-0.05, 0) is 19.9 Å². The highest BCUT2D eigenvalue weighted by Gasteiger charge is 2.33. The van der Waals surface area contributed by atoms with Crippen molar-refractivity contribution in [1.29, 1.82) is 0 Å². The van der Waals surface area contributed by atoms with Crippen LogP contribution in [0.15, 0.2) is 0 Å². The fraction of sp³-hybridized carbons (Fsp3) is 0.944. The van der Waals surface area contributed by atoms with Crippen molar-refractivity contribution >= 4 is 5.91 Å². The maximum absolute atomic E-state index is 12.9. The molecule has 2 unspecified atom stereocenters. The number of ether oxygens (including phenoxy) is 1. The van der Waals surface area contributed by atoms with Crippen LogP contribution in [-0.2, 0) is 9.53 Å². The maximum Gasteiger partial charge on any atom is 0.239 e. The number of hydrogen-bond acceptors (Lipinski definition) is 5. The van der Waals surface area contributed by atoms with Crippen molar-refractivity contribution in [3.63, 3.8) is 0 Å². The first-order chi connectivity index (χ1) is 11.6. The second-order valence-electron chi connectivity index (χ2n) is 7.02. The summed E-state index contributed by atoms with van der Waals surface area (Å²) in [4.78, 5) is 22.2. The molecule has 0 spiro atoms. The molecular weight excluding hydrogens is 304 g/mol. The van der Waals surface area contributed by atoms with Crippen molar-refractivity contribution in [3.8, 4) is 0 Å². The Morgan fingerprint density at radius 2 is 1.83 bits per heavy atom. The first-order valence-electron chi connectivity index (χ1n) is 9.58. The molecule has 2 saturated heterocycles. The van der Waals surface area contributed by atoms with Gasteiger partial charge in [0, 0.05) is 65.5 Å². The lowest BCUT2D eigenvalue weighted by molar-refractivity contribution is -0.139. The van der Waals surface area contributed by atoms with Crippen LogP contribution in [0, 0.1) is 0 Å². The molecule has 6 heteroatoms. The Bertz CT molecular complexity index is 385. The van der Waals surface area contributed by atoms with Crippen molar-refractivity contribution in [2.24, 2.45) is 0 Å². The van der Waals surface area contributed by atoms with E-state index in [1.807, 2.05) is 0 Å². The smallest absolute Gasteiger partial charge is 0.239 e. The van der Waals surface area contributed by atoms with Crippen LogP contribution in [0.25, 0.3) is 0 Å². The summed E-state index contributed by atoms with van der Waals surface area (Å²) < 4.78 is 5.23. The van der Waals surface area contributed by atoms with Crippen LogP contribution in [0.2, 0.25) is 0 Å². The maximum atomic E-state index is 12.9. The van der Waals surface area contributed by atoms with Crippen LogP contribution in [0.5, 0.6) is 0 Å². The van der Waals surface area contributed by atoms with E-state index in [4.69, 9.17) is 4.74 Å². The van der Waals surface area contributed by atoms with Crippen molar-refractivity contribution in [3.05, 3.63) is 0 Å². The minimum absolute atomic E-state index is 0.00296. The Labute approximate surface area is 147 Å². The van der Waals surface area contributed by atoms with Gasteiger partial charge in [-0.3, -0.25) is 14.6 Å². The van der Waals surface area contributed by atoms with Gasteiger partial charge in [-0.25, -0.2) is 0 Å². The van der Waals surface area contributed by atoms with Crippen LogP contribution in [0.3, 0.4) is 0 Å². The zero-order valence-corrected chi connectivity index (χ0v) is 16.0. The summed E-state index contributed by atoms with van der Waals surface area (Å²) in [5.74, 6) is 0.311. The van der Waals surface area contributed by atoms with E-state index in [9.17, 15) is 4.79 Å². The predicted octanol–water partition coefficient (Wildman–Crippen LogP) is 0.582. The number of carbonyl (C=O) groups excluding carboxylic acids is 1. The summed E-state index contributed by atoms with van der Waals surface area (Å²) in [6, 6.07) is 0.526. The summed E-state index contributed by atoms with van der Waals surface area (Å²) in [7, 11) is 1.76. The average Bonchev–Trinajstić information content (AvgIpc) is 2.65. The molecule has 24 heavy (non-hydrogen) atoms. The van der Waals surface area contributed by atoms with Gasteiger partial charge in [-0.2, -0.15) is 0 Å². The largest absolute Gasteiger partial charge is 0.383 e. The quantitative estimate of drug-likeness (QED) is 0.678. The van der Waals surface area contributed by atoms with Gasteiger partial charge >= 0.3 is 0 Å². The molecule has 0 bridgehead atoms. The molecule has 140 valence electrons. The fourth-order valence-corrected chi connectivity index (χ4v) is 3.86. The summed E-state index contributed by atoms with van der Waals surface area (Å²) in [5, 5.41) is 0. The van der Waals surface area contributed by atoms with Crippen molar-refractivity contribution in [2.45, 2.75) is 39.3 Å².